The second-order valence-corrected chi connectivity index (χ2v) is 19.4. The Balaban J connectivity index is 1.88. The van der Waals surface area contributed by atoms with Gasteiger partial charge in [0.2, 0.25) is 70.9 Å². The number of thiol groups is 2. The second kappa shape index (κ2) is 34.9. The van der Waals surface area contributed by atoms with E-state index in [1.54, 1.807) is 30.3 Å². The molecule has 2 aromatic rings. The van der Waals surface area contributed by atoms with E-state index in [-0.39, 0.29) is 56.0 Å². The standard InChI is InChI=1S/C50H72N14O15S2/c51-17-5-4-9-31(50(78)79)59-48(76)37-10-6-18-64(37)49(77)36(26-81)63-46(74)34(21-39(54)67)62-43(71)30(15-16-38(53)66)58-44(72)32(19-27-7-2-1-3-8-27)60-45(73)33(20-28-11-13-29(65)14-12-28)61-47(75)35(25-80)57-42(70)24-56-41(69)23-55-40(68)22-52/h1-3,7-8,11-14,30-37,65,80-81H,4-6,9-10,15-26,51-52H2,(H2,53,66)(H2,54,67)(H,55,68)(H,56,69)(H,57,70)(H,58,72)(H,59,76)(H,60,73)(H,61,75)(H,62,71)(H,63,74)(H,78,79)/t30-,31-,32-,33-,34-,35-,36-,37-/m0/s1. The molecule has 8 atom stereocenters. The number of carboxylic acid groups (broad SMARTS) is 1. The van der Waals surface area contributed by atoms with Crippen molar-refractivity contribution in [3.05, 3.63) is 65.7 Å². The van der Waals surface area contributed by atoms with Gasteiger partial charge in [0.1, 0.15) is 54.1 Å². The van der Waals surface area contributed by atoms with Gasteiger partial charge in [0.25, 0.3) is 0 Å². The Morgan fingerprint density at radius 1 is 0.568 bits per heavy atom. The van der Waals surface area contributed by atoms with Crippen LogP contribution < -0.4 is 70.8 Å². The highest BCUT2D eigenvalue weighted by Gasteiger charge is 2.40. The molecule has 0 bridgehead atoms. The molecule has 1 aliphatic heterocycles. The molecule has 31 heteroatoms. The monoisotopic (exact) mass is 1170 g/mol. The van der Waals surface area contributed by atoms with Gasteiger partial charge < -0.3 is 85.9 Å². The zero-order chi connectivity index (χ0) is 60.2. The van der Waals surface area contributed by atoms with Gasteiger partial charge in [0.15, 0.2) is 0 Å². The van der Waals surface area contributed by atoms with Crippen molar-refractivity contribution < 1.29 is 72.5 Å². The predicted molar refractivity (Wildman–Crippen MR) is 296 cm³/mol. The predicted octanol–water partition coefficient (Wildman–Crippen LogP) is -6.03. The van der Waals surface area contributed by atoms with E-state index in [9.17, 15) is 72.5 Å². The van der Waals surface area contributed by atoms with Crippen molar-refractivity contribution in [1.82, 2.24) is 52.8 Å². The van der Waals surface area contributed by atoms with Crippen LogP contribution in [-0.4, -0.2) is 185 Å². The number of aliphatic carboxylic acids is 1. The first kappa shape index (κ1) is 67.2. The number of phenolic OH excluding ortho intramolecular Hbond substituents is 1. The van der Waals surface area contributed by atoms with E-state index in [4.69, 9.17) is 22.9 Å². The van der Waals surface area contributed by atoms with E-state index in [0.29, 0.717) is 36.9 Å². The third-order valence-corrected chi connectivity index (χ3v) is 13.1. The molecule has 3 rings (SSSR count). The number of rotatable bonds is 35. The molecule has 0 aliphatic carbocycles. The highest BCUT2D eigenvalue weighted by Crippen LogP contribution is 2.20. The first-order chi connectivity index (χ1) is 38.5. The third-order valence-electron chi connectivity index (χ3n) is 12.4. The van der Waals surface area contributed by atoms with Gasteiger partial charge >= 0.3 is 5.97 Å². The molecule has 1 fully saturated rings. The number of hydrogen-bond donors (Lipinski definition) is 17. The Hall–Kier alpha value is -8.03. The van der Waals surface area contributed by atoms with Crippen molar-refractivity contribution >= 4 is 102 Å². The summed E-state index contributed by atoms with van der Waals surface area (Å²) in [5, 5.41) is 41.3. The van der Waals surface area contributed by atoms with E-state index in [2.05, 4.69) is 73.1 Å². The summed E-state index contributed by atoms with van der Waals surface area (Å²) in [4.78, 5) is 172. The molecule has 2 aromatic carbocycles. The maximum atomic E-state index is 14.4. The smallest absolute Gasteiger partial charge is 0.326 e. The number of nitrogens with one attached hydrogen (secondary N) is 9. The number of amides is 12. The van der Waals surface area contributed by atoms with Crippen LogP contribution in [0.3, 0.4) is 0 Å². The molecule has 29 nitrogen and oxygen atoms in total. The lowest BCUT2D eigenvalue weighted by Crippen LogP contribution is -2.61. The zero-order valence-corrected chi connectivity index (χ0v) is 46.0. The lowest BCUT2D eigenvalue weighted by Gasteiger charge is -2.30. The van der Waals surface area contributed by atoms with Crippen LogP contribution in [0.15, 0.2) is 54.6 Å². The molecule has 1 heterocycles. The van der Waals surface area contributed by atoms with Gasteiger partial charge in [-0.05, 0) is 68.3 Å². The van der Waals surface area contributed by atoms with Crippen LogP contribution in [0.4, 0.5) is 0 Å². The van der Waals surface area contributed by atoms with Crippen molar-refractivity contribution in [2.24, 2.45) is 22.9 Å². The molecule has 12 amide bonds. The molecule has 0 saturated carbocycles. The molecule has 81 heavy (non-hydrogen) atoms. The minimum Gasteiger partial charge on any atom is -0.508 e. The lowest BCUT2D eigenvalue weighted by molar-refractivity contribution is -0.145. The average molecular weight is 1170 g/mol. The van der Waals surface area contributed by atoms with Gasteiger partial charge in [0.05, 0.1) is 26.1 Å². The third kappa shape index (κ3) is 23.7. The van der Waals surface area contributed by atoms with E-state index in [1.165, 1.54) is 24.3 Å². The van der Waals surface area contributed by atoms with Gasteiger partial charge in [-0.15, -0.1) is 0 Å². The normalized spacial score (nSPS) is 15.3. The topological polar surface area (TPSA) is 478 Å². The number of carbonyl (C=O) groups excluding carboxylic acids is 12. The summed E-state index contributed by atoms with van der Waals surface area (Å²) in [7, 11) is 0. The molecular weight excluding hydrogens is 1100 g/mol. The summed E-state index contributed by atoms with van der Waals surface area (Å²) >= 11 is 8.39. The highest BCUT2D eigenvalue weighted by atomic mass is 32.1. The molecule has 0 spiro atoms. The number of carboxylic acids is 1. The van der Waals surface area contributed by atoms with Crippen molar-refractivity contribution in [3.63, 3.8) is 0 Å². The summed E-state index contributed by atoms with van der Waals surface area (Å²) in [5.41, 5.74) is 22.5. The molecule has 1 aliphatic rings. The Morgan fingerprint density at radius 2 is 1.09 bits per heavy atom. The summed E-state index contributed by atoms with van der Waals surface area (Å²) in [6, 6.07) is 1.83. The van der Waals surface area contributed by atoms with Crippen molar-refractivity contribution in [1.29, 1.82) is 0 Å². The van der Waals surface area contributed by atoms with Gasteiger partial charge in [-0.25, -0.2) is 4.79 Å². The Morgan fingerprint density at radius 3 is 1.64 bits per heavy atom. The maximum Gasteiger partial charge on any atom is 0.326 e. The number of likely N-dealkylation sites (tertiary alicyclic amines) is 1. The van der Waals surface area contributed by atoms with Crippen LogP contribution in [0.1, 0.15) is 62.5 Å². The van der Waals surface area contributed by atoms with Crippen LogP contribution >= 0.6 is 25.3 Å². The van der Waals surface area contributed by atoms with E-state index in [1.807, 2.05) is 0 Å². The van der Waals surface area contributed by atoms with Crippen LogP contribution in [0, 0.1) is 0 Å². The fraction of sp³-hybridized carbons (Fsp3) is 0.500. The van der Waals surface area contributed by atoms with E-state index >= 15 is 0 Å². The number of aromatic hydroxyl groups is 1. The number of phenols is 1. The largest absolute Gasteiger partial charge is 0.508 e. The number of carbonyl (C=O) groups is 13. The van der Waals surface area contributed by atoms with Gasteiger partial charge in [0, 0.05) is 37.3 Å². The van der Waals surface area contributed by atoms with Crippen LogP contribution in [0.5, 0.6) is 5.75 Å². The quantitative estimate of drug-likeness (QED) is 0.0226. The number of primary amides is 2. The fourth-order valence-corrected chi connectivity index (χ4v) is 8.61. The number of benzene rings is 2. The van der Waals surface area contributed by atoms with Crippen molar-refractivity contribution in [2.75, 3.05) is 44.2 Å². The number of nitrogens with two attached hydrogens (primary N) is 4. The van der Waals surface area contributed by atoms with Crippen LogP contribution in [0.25, 0.3) is 0 Å². The molecule has 0 unspecified atom stereocenters. The highest BCUT2D eigenvalue weighted by molar-refractivity contribution is 7.80. The second-order valence-electron chi connectivity index (χ2n) is 18.7. The number of hydrogen-bond acceptors (Lipinski definition) is 18. The number of unbranched alkanes of at least 4 members (excludes halogenated alkanes) is 1. The molecule has 0 radical (unpaired) electrons. The molecule has 19 N–H and O–H groups in total. The first-order valence-electron chi connectivity index (χ1n) is 25.7. The maximum absolute atomic E-state index is 14.4. The van der Waals surface area contributed by atoms with Gasteiger partial charge in [-0.1, -0.05) is 42.5 Å². The van der Waals surface area contributed by atoms with Crippen molar-refractivity contribution in [2.45, 2.75) is 113 Å². The first-order valence-corrected chi connectivity index (χ1v) is 27.0. The number of nitrogens with zero attached hydrogens (tertiary/aromatic N) is 1. The zero-order valence-electron chi connectivity index (χ0n) is 44.2. The summed E-state index contributed by atoms with van der Waals surface area (Å²) in [6.07, 6.45) is -0.875. The summed E-state index contributed by atoms with van der Waals surface area (Å²) in [6.45, 7) is -1.13. The summed E-state index contributed by atoms with van der Waals surface area (Å²) in [5.74, 6) is -13.1. The Bertz CT molecular complexity index is 2550. The average Bonchev–Trinajstić information content (AvgIpc) is 3.96. The van der Waals surface area contributed by atoms with Gasteiger partial charge in [-0.2, -0.15) is 25.3 Å². The molecule has 444 valence electrons. The Kier molecular flexibility index (Phi) is 28.9. The minimum atomic E-state index is -1.83. The molecule has 1 saturated heterocycles. The van der Waals surface area contributed by atoms with E-state index in [0.717, 1.165) is 4.90 Å². The molecular formula is C50H72N14O15S2. The van der Waals surface area contributed by atoms with E-state index < -0.39 is 158 Å². The fourth-order valence-electron chi connectivity index (χ4n) is 8.10. The van der Waals surface area contributed by atoms with Gasteiger partial charge in [-0.3, -0.25) is 57.5 Å². The van der Waals surface area contributed by atoms with Crippen molar-refractivity contribution in [3.8, 4) is 5.75 Å². The lowest BCUT2D eigenvalue weighted by atomic mass is 10.0. The Labute approximate surface area is 476 Å². The minimum absolute atomic E-state index is 0.0470. The SMILES string of the molecule is NCCCC[C@H](NC(=O)[C@@H]1CCCN1C(=O)[C@H](CS)NC(=O)[C@H](CC(N)=O)NC(=O)[C@H](CCC(N)=O)NC(=O)[C@H](Cc1ccccc1)NC(=O)[C@H](Cc1ccc(O)cc1)NC(=O)[C@H](CS)NC(=O)CNC(=O)CNC(=O)CN)C(=O)O. The van der Waals surface area contributed by atoms with Crippen LogP contribution in [-0.2, 0) is 75.2 Å². The molecule has 0 aromatic heterocycles. The van der Waals surface area contributed by atoms with Crippen LogP contribution in [0.2, 0.25) is 0 Å². The summed E-state index contributed by atoms with van der Waals surface area (Å²) < 4.78 is 0.